The van der Waals surface area contributed by atoms with E-state index in [0.29, 0.717) is 17.1 Å². The molecule has 7 nitrogen and oxygen atoms in total. The smallest absolute Gasteiger partial charge is 0.434 e. The molecule has 0 aliphatic heterocycles. The summed E-state index contributed by atoms with van der Waals surface area (Å²) in [6.07, 6.45) is 4.62. The summed E-state index contributed by atoms with van der Waals surface area (Å²) in [5.74, 6) is 1.05. The molecule has 26 heavy (non-hydrogen) atoms. The summed E-state index contributed by atoms with van der Waals surface area (Å²) < 4.78 is 12.0. The minimum absolute atomic E-state index is 0.254. The number of carbonyl (C=O) groups is 1. The molecule has 0 radical (unpaired) electrons. The first-order valence-electron chi connectivity index (χ1n) is 8.16. The zero-order valence-corrected chi connectivity index (χ0v) is 14.0. The zero-order chi connectivity index (χ0) is 17.9. The van der Waals surface area contributed by atoms with E-state index in [4.69, 9.17) is 9.47 Å². The Balaban J connectivity index is 1.66. The van der Waals surface area contributed by atoms with Crippen LogP contribution < -0.4 is 4.74 Å². The molecule has 0 spiro atoms. The van der Waals surface area contributed by atoms with Gasteiger partial charge in [-0.15, -0.1) is 0 Å². The summed E-state index contributed by atoms with van der Waals surface area (Å²) in [7, 11) is 0. The lowest BCUT2D eigenvalue weighted by Crippen LogP contribution is -2.10. The van der Waals surface area contributed by atoms with Gasteiger partial charge >= 0.3 is 6.16 Å². The number of imidazole rings is 2. The average molecular weight is 348 g/mol. The van der Waals surface area contributed by atoms with Gasteiger partial charge in [0, 0.05) is 23.6 Å². The number of carbonyl (C=O) groups excluding carboxylic acids is 1. The second kappa shape index (κ2) is 6.72. The lowest BCUT2D eigenvalue weighted by molar-refractivity contribution is 0.105. The molecule has 1 N–H and O–H groups in total. The van der Waals surface area contributed by atoms with Crippen LogP contribution >= 0.6 is 0 Å². The van der Waals surface area contributed by atoms with E-state index in [-0.39, 0.29) is 6.61 Å². The van der Waals surface area contributed by atoms with Gasteiger partial charge < -0.3 is 19.0 Å². The number of ether oxygens (including phenoxy) is 2. The largest absolute Gasteiger partial charge is 0.513 e. The van der Waals surface area contributed by atoms with E-state index in [1.807, 2.05) is 41.1 Å². The lowest BCUT2D eigenvalue weighted by Gasteiger charge is -2.04. The molecule has 0 bridgehead atoms. The van der Waals surface area contributed by atoms with Crippen LogP contribution in [0.1, 0.15) is 6.92 Å². The topological polar surface area (TPSA) is 82.0 Å². The highest BCUT2D eigenvalue weighted by atomic mass is 16.7. The highest BCUT2D eigenvalue weighted by Gasteiger charge is 2.13. The van der Waals surface area contributed by atoms with Gasteiger partial charge in [-0.2, -0.15) is 0 Å². The van der Waals surface area contributed by atoms with Gasteiger partial charge in [0.05, 0.1) is 18.5 Å². The standard InChI is InChI=1S/C19H16N4O3/c1-2-25-19(24)26-16-5-3-4-15-17(16)22-18(21-15)13-6-8-14(9-7-13)23-11-10-20-12-23/h3-12H,2H2,1H3,(H,21,22). The number of aromatic amines is 1. The lowest BCUT2D eigenvalue weighted by atomic mass is 10.2. The Hall–Kier alpha value is -3.61. The molecule has 0 amide bonds. The predicted octanol–water partition coefficient (Wildman–Crippen LogP) is 3.95. The molecule has 7 heteroatoms. The molecule has 2 heterocycles. The summed E-state index contributed by atoms with van der Waals surface area (Å²) in [6.45, 7) is 1.98. The van der Waals surface area contributed by atoms with Crippen molar-refractivity contribution in [3.8, 4) is 22.8 Å². The normalized spacial score (nSPS) is 10.8. The van der Waals surface area contributed by atoms with E-state index in [9.17, 15) is 4.79 Å². The molecule has 0 aliphatic carbocycles. The predicted molar refractivity (Wildman–Crippen MR) is 96.3 cm³/mol. The molecule has 0 atom stereocenters. The van der Waals surface area contributed by atoms with Gasteiger partial charge in [0.15, 0.2) is 5.75 Å². The van der Waals surface area contributed by atoms with Crippen LogP contribution in [0.2, 0.25) is 0 Å². The van der Waals surface area contributed by atoms with Crippen molar-refractivity contribution >= 4 is 17.2 Å². The number of hydrogen-bond donors (Lipinski definition) is 1. The molecule has 4 aromatic rings. The third kappa shape index (κ3) is 3.02. The van der Waals surface area contributed by atoms with Crippen molar-refractivity contribution in [2.24, 2.45) is 0 Å². The van der Waals surface area contributed by atoms with Crippen molar-refractivity contribution in [1.29, 1.82) is 0 Å². The van der Waals surface area contributed by atoms with Gasteiger partial charge in [0.2, 0.25) is 0 Å². The molecule has 0 unspecified atom stereocenters. The fraction of sp³-hybridized carbons (Fsp3) is 0.105. The fourth-order valence-electron chi connectivity index (χ4n) is 2.67. The van der Waals surface area contributed by atoms with Crippen molar-refractivity contribution in [3.63, 3.8) is 0 Å². The maximum atomic E-state index is 11.6. The Labute approximate surface area is 149 Å². The van der Waals surface area contributed by atoms with E-state index in [1.54, 1.807) is 31.6 Å². The van der Waals surface area contributed by atoms with Crippen LogP contribution in [-0.2, 0) is 4.74 Å². The van der Waals surface area contributed by atoms with Gasteiger partial charge in [0.1, 0.15) is 11.3 Å². The minimum atomic E-state index is -0.741. The monoisotopic (exact) mass is 348 g/mol. The summed E-state index contributed by atoms with van der Waals surface area (Å²) in [5, 5.41) is 0. The van der Waals surface area contributed by atoms with Crippen molar-refractivity contribution in [3.05, 3.63) is 61.2 Å². The first-order valence-corrected chi connectivity index (χ1v) is 8.16. The molecular weight excluding hydrogens is 332 g/mol. The van der Waals surface area contributed by atoms with E-state index >= 15 is 0 Å². The minimum Gasteiger partial charge on any atom is -0.434 e. The van der Waals surface area contributed by atoms with Crippen LogP contribution in [0.25, 0.3) is 28.1 Å². The number of nitrogens with one attached hydrogen (secondary N) is 1. The third-order valence-electron chi connectivity index (χ3n) is 3.87. The Kier molecular flexibility index (Phi) is 4.10. The fourth-order valence-corrected chi connectivity index (χ4v) is 2.67. The number of aromatic nitrogens is 4. The number of fused-ring (bicyclic) bond motifs is 1. The van der Waals surface area contributed by atoms with E-state index in [2.05, 4.69) is 15.0 Å². The highest BCUT2D eigenvalue weighted by Crippen LogP contribution is 2.28. The van der Waals surface area contributed by atoms with Crippen LogP contribution in [0.4, 0.5) is 4.79 Å². The van der Waals surface area contributed by atoms with Gasteiger partial charge in [-0.1, -0.05) is 6.07 Å². The Morgan fingerprint density at radius 1 is 1.19 bits per heavy atom. The molecule has 0 fully saturated rings. The van der Waals surface area contributed by atoms with E-state index < -0.39 is 6.16 Å². The summed E-state index contributed by atoms with van der Waals surface area (Å²) >= 11 is 0. The number of nitrogens with zero attached hydrogens (tertiary/aromatic N) is 3. The third-order valence-corrected chi connectivity index (χ3v) is 3.87. The summed E-state index contributed by atoms with van der Waals surface area (Å²) in [6, 6.07) is 13.3. The van der Waals surface area contributed by atoms with Crippen molar-refractivity contribution in [1.82, 2.24) is 19.5 Å². The van der Waals surface area contributed by atoms with Crippen molar-refractivity contribution in [2.75, 3.05) is 6.61 Å². The van der Waals surface area contributed by atoms with Gasteiger partial charge in [0.25, 0.3) is 0 Å². The van der Waals surface area contributed by atoms with Crippen LogP contribution in [0.15, 0.2) is 61.2 Å². The maximum Gasteiger partial charge on any atom is 0.513 e. The number of benzene rings is 2. The molecule has 0 saturated heterocycles. The van der Waals surface area contributed by atoms with E-state index in [1.165, 1.54) is 0 Å². The van der Waals surface area contributed by atoms with Gasteiger partial charge in [-0.25, -0.2) is 14.8 Å². The van der Waals surface area contributed by atoms with Crippen LogP contribution in [0, 0.1) is 0 Å². The Bertz CT molecular complexity index is 1040. The SMILES string of the molecule is CCOC(=O)Oc1cccc2[nH]c(-c3ccc(-n4ccnc4)cc3)nc12. The first kappa shape index (κ1) is 15.9. The molecular formula is C19H16N4O3. The molecule has 0 saturated carbocycles. The number of H-pyrrole nitrogens is 1. The van der Waals surface area contributed by atoms with E-state index in [0.717, 1.165) is 16.8 Å². The number of para-hydroxylation sites is 1. The second-order valence-electron chi connectivity index (χ2n) is 5.54. The number of rotatable bonds is 4. The zero-order valence-electron chi connectivity index (χ0n) is 14.0. The maximum absolute atomic E-state index is 11.6. The van der Waals surface area contributed by atoms with Crippen LogP contribution in [-0.4, -0.2) is 32.3 Å². The van der Waals surface area contributed by atoms with Crippen LogP contribution in [0.3, 0.4) is 0 Å². The van der Waals surface area contributed by atoms with Crippen molar-refractivity contribution in [2.45, 2.75) is 6.92 Å². The first-order chi connectivity index (χ1) is 12.7. The molecule has 2 aromatic heterocycles. The molecule has 0 aliphatic rings. The second-order valence-corrected chi connectivity index (χ2v) is 5.54. The van der Waals surface area contributed by atoms with Crippen molar-refractivity contribution < 1.29 is 14.3 Å². The number of hydrogen-bond acceptors (Lipinski definition) is 5. The van der Waals surface area contributed by atoms with Crippen LogP contribution in [0.5, 0.6) is 5.75 Å². The summed E-state index contributed by atoms with van der Waals surface area (Å²) in [5.41, 5.74) is 3.29. The molecule has 4 rings (SSSR count). The molecule has 130 valence electrons. The Morgan fingerprint density at radius 3 is 2.77 bits per heavy atom. The van der Waals surface area contributed by atoms with Gasteiger partial charge in [-0.05, 0) is 43.3 Å². The quantitative estimate of drug-likeness (QED) is 0.446. The molecule has 2 aromatic carbocycles. The summed E-state index contributed by atoms with van der Waals surface area (Å²) in [4.78, 5) is 23.5. The van der Waals surface area contributed by atoms with Gasteiger partial charge in [-0.3, -0.25) is 0 Å². The highest BCUT2D eigenvalue weighted by molar-refractivity contribution is 5.86. The average Bonchev–Trinajstić information content (AvgIpc) is 3.32. The Morgan fingerprint density at radius 2 is 2.04 bits per heavy atom.